The van der Waals surface area contributed by atoms with E-state index in [0.717, 1.165) is 12.1 Å². The van der Waals surface area contributed by atoms with Gasteiger partial charge in [-0.2, -0.15) is 5.10 Å². The number of hydrogen-bond donors (Lipinski definition) is 1. The van der Waals surface area contributed by atoms with Crippen LogP contribution in [0, 0.1) is 0 Å². The van der Waals surface area contributed by atoms with E-state index in [0.29, 0.717) is 5.56 Å². The van der Waals surface area contributed by atoms with Gasteiger partial charge in [0.05, 0.1) is 11.7 Å². The Kier molecular flexibility index (Phi) is 4.52. The molecule has 1 N–H and O–H groups in total. The summed E-state index contributed by atoms with van der Waals surface area (Å²) >= 11 is 0. The molecular weight excluding hydrogens is 324 g/mol. The number of carbonyl (C=O) groups excluding carboxylic acids is 1. The van der Waals surface area contributed by atoms with Crippen LogP contribution in [0.3, 0.4) is 0 Å². The predicted molar refractivity (Wildman–Crippen MR) is 100 cm³/mol. The fraction of sp³-hybridized carbons (Fsp3) is 0.286. The number of aromatic nitrogens is 3. The molecule has 1 aliphatic rings. The average molecular weight is 346 g/mol. The highest BCUT2D eigenvalue weighted by molar-refractivity contribution is 5.94. The van der Waals surface area contributed by atoms with Gasteiger partial charge in [-0.05, 0) is 73.6 Å². The number of fused-ring (bicyclic) bond motifs is 1. The van der Waals surface area contributed by atoms with Gasteiger partial charge in [-0.25, -0.2) is 9.67 Å². The summed E-state index contributed by atoms with van der Waals surface area (Å²) in [7, 11) is 0. The van der Waals surface area contributed by atoms with Crippen molar-refractivity contribution in [3.63, 3.8) is 0 Å². The van der Waals surface area contributed by atoms with Gasteiger partial charge in [-0.3, -0.25) is 4.79 Å². The molecule has 0 spiro atoms. The molecule has 1 aliphatic carbocycles. The number of nitrogens with one attached hydrogen (secondary N) is 1. The molecule has 5 heteroatoms. The maximum Gasteiger partial charge on any atom is 0.251 e. The van der Waals surface area contributed by atoms with E-state index in [-0.39, 0.29) is 11.9 Å². The Hall–Kier alpha value is -2.95. The van der Waals surface area contributed by atoms with E-state index in [9.17, 15) is 4.79 Å². The summed E-state index contributed by atoms with van der Waals surface area (Å²) in [5, 5.41) is 7.19. The van der Waals surface area contributed by atoms with Crippen LogP contribution in [0.4, 0.5) is 0 Å². The second-order valence-corrected chi connectivity index (χ2v) is 6.82. The molecule has 1 aromatic heterocycles. The smallest absolute Gasteiger partial charge is 0.251 e. The molecule has 4 rings (SSSR count). The summed E-state index contributed by atoms with van der Waals surface area (Å²) < 4.78 is 1.66. The van der Waals surface area contributed by atoms with Gasteiger partial charge < -0.3 is 5.32 Å². The van der Waals surface area contributed by atoms with Crippen molar-refractivity contribution in [2.75, 3.05) is 0 Å². The van der Waals surface area contributed by atoms with Crippen LogP contribution in [0.2, 0.25) is 0 Å². The summed E-state index contributed by atoms with van der Waals surface area (Å²) in [4.78, 5) is 16.5. The highest BCUT2D eigenvalue weighted by Gasteiger charge is 2.15. The van der Waals surface area contributed by atoms with Gasteiger partial charge in [0.1, 0.15) is 12.7 Å². The maximum atomic E-state index is 12.6. The van der Waals surface area contributed by atoms with Crippen molar-refractivity contribution in [1.82, 2.24) is 20.1 Å². The average Bonchev–Trinajstić information content (AvgIpc) is 3.22. The molecule has 0 radical (unpaired) electrons. The summed E-state index contributed by atoms with van der Waals surface area (Å²) in [6.45, 7) is 2.03. The lowest BCUT2D eigenvalue weighted by atomic mass is 9.89. The molecule has 0 saturated carbocycles. The molecule has 0 fully saturated rings. The van der Waals surface area contributed by atoms with Crippen molar-refractivity contribution in [2.24, 2.45) is 0 Å². The number of rotatable bonds is 4. The van der Waals surface area contributed by atoms with Crippen molar-refractivity contribution in [3.05, 3.63) is 77.4 Å². The third-order valence-electron chi connectivity index (χ3n) is 5.03. The van der Waals surface area contributed by atoms with Gasteiger partial charge in [0.15, 0.2) is 0 Å². The first-order valence-electron chi connectivity index (χ1n) is 9.08. The van der Waals surface area contributed by atoms with Gasteiger partial charge in [0.2, 0.25) is 0 Å². The van der Waals surface area contributed by atoms with Gasteiger partial charge in [-0.1, -0.05) is 18.2 Å². The second kappa shape index (κ2) is 7.12. The third kappa shape index (κ3) is 3.38. The predicted octanol–water partition coefficient (Wildman–Crippen LogP) is 3.64. The molecule has 3 aromatic rings. The van der Waals surface area contributed by atoms with Crippen LogP contribution in [0.15, 0.2) is 55.1 Å². The monoisotopic (exact) mass is 346 g/mol. The normalized spacial score (nSPS) is 14.5. The molecule has 0 bridgehead atoms. The zero-order valence-corrected chi connectivity index (χ0v) is 14.9. The Morgan fingerprint density at radius 2 is 1.85 bits per heavy atom. The van der Waals surface area contributed by atoms with Crippen LogP contribution in [0.1, 0.15) is 52.9 Å². The van der Waals surface area contributed by atoms with Crippen LogP contribution in [-0.2, 0) is 12.8 Å². The Morgan fingerprint density at radius 1 is 1.08 bits per heavy atom. The highest BCUT2D eigenvalue weighted by atomic mass is 16.1. The summed E-state index contributed by atoms with van der Waals surface area (Å²) in [6.07, 6.45) is 7.98. The van der Waals surface area contributed by atoms with Crippen LogP contribution in [-0.4, -0.2) is 20.7 Å². The van der Waals surface area contributed by atoms with Gasteiger partial charge in [-0.15, -0.1) is 0 Å². The number of nitrogens with zero attached hydrogens (tertiary/aromatic N) is 3. The lowest BCUT2D eigenvalue weighted by Crippen LogP contribution is -2.26. The Balaban J connectivity index is 1.45. The van der Waals surface area contributed by atoms with Crippen molar-refractivity contribution in [3.8, 4) is 5.69 Å². The molecule has 1 amide bonds. The van der Waals surface area contributed by atoms with Crippen molar-refractivity contribution < 1.29 is 4.79 Å². The van der Waals surface area contributed by atoms with E-state index in [1.54, 1.807) is 11.0 Å². The number of carbonyl (C=O) groups is 1. The molecule has 1 unspecified atom stereocenters. The van der Waals surface area contributed by atoms with Crippen molar-refractivity contribution in [2.45, 2.75) is 38.6 Å². The fourth-order valence-electron chi connectivity index (χ4n) is 3.49. The molecular formula is C21H22N4O. The summed E-state index contributed by atoms with van der Waals surface area (Å²) in [6, 6.07) is 14.0. The van der Waals surface area contributed by atoms with Crippen molar-refractivity contribution in [1.29, 1.82) is 0 Å². The summed E-state index contributed by atoms with van der Waals surface area (Å²) in [5.41, 5.74) is 5.58. The number of hydrogen-bond acceptors (Lipinski definition) is 3. The van der Waals surface area contributed by atoms with E-state index in [2.05, 4.69) is 33.6 Å². The van der Waals surface area contributed by atoms with Crippen molar-refractivity contribution >= 4 is 5.91 Å². The molecule has 2 aromatic carbocycles. The number of benzene rings is 2. The minimum Gasteiger partial charge on any atom is -0.346 e. The van der Waals surface area contributed by atoms with Crippen LogP contribution in [0.25, 0.3) is 5.69 Å². The SMILES string of the molecule is CC(NC(=O)c1ccc(-n2cncn2)cc1)c1ccc2c(c1)CCCC2. The molecule has 1 heterocycles. The Morgan fingerprint density at radius 3 is 2.58 bits per heavy atom. The molecule has 1 atom stereocenters. The Labute approximate surface area is 153 Å². The maximum absolute atomic E-state index is 12.6. The third-order valence-corrected chi connectivity index (χ3v) is 5.03. The van der Waals surface area contributed by atoms with E-state index >= 15 is 0 Å². The van der Waals surface area contributed by atoms with E-state index in [1.165, 1.54) is 42.3 Å². The zero-order valence-electron chi connectivity index (χ0n) is 14.9. The van der Waals surface area contributed by atoms with Gasteiger partial charge in [0, 0.05) is 5.56 Å². The number of amides is 1. The quantitative estimate of drug-likeness (QED) is 0.785. The number of aryl methyl sites for hydroxylation is 2. The molecule has 5 nitrogen and oxygen atoms in total. The largest absolute Gasteiger partial charge is 0.346 e. The minimum absolute atomic E-state index is 0.0234. The molecule has 0 aliphatic heterocycles. The second-order valence-electron chi connectivity index (χ2n) is 6.82. The standard InChI is InChI=1S/C21H22N4O/c1-15(18-7-6-16-4-2-3-5-19(16)12-18)24-21(26)17-8-10-20(11-9-17)25-14-22-13-23-25/h6-15H,2-5H2,1H3,(H,24,26). The molecule has 26 heavy (non-hydrogen) atoms. The minimum atomic E-state index is -0.0691. The van der Waals surface area contributed by atoms with E-state index in [4.69, 9.17) is 0 Å². The van der Waals surface area contributed by atoms with E-state index in [1.807, 2.05) is 31.2 Å². The van der Waals surface area contributed by atoms with Gasteiger partial charge in [0.25, 0.3) is 5.91 Å². The lowest BCUT2D eigenvalue weighted by Gasteiger charge is -2.20. The van der Waals surface area contributed by atoms with Crippen LogP contribution < -0.4 is 5.32 Å². The van der Waals surface area contributed by atoms with Crippen LogP contribution in [0.5, 0.6) is 0 Å². The van der Waals surface area contributed by atoms with Crippen LogP contribution >= 0.6 is 0 Å². The summed E-state index contributed by atoms with van der Waals surface area (Å²) in [5.74, 6) is -0.0691. The topological polar surface area (TPSA) is 59.8 Å². The fourth-order valence-corrected chi connectivity index (χ4v) is 3.49. The highest BCUT2D eigenvalue weighted by Crippen LogP contribution is 2.25. The molecule has 0 saturated heterocycles. The zero-order chi connectivity index (χ0) is 17.9. The van der Waals surface area contributed by atoms with Gasteiger partial charge >= 0.3 is 0 Å². The Bertz CT molecular complexity index is 900. The lowest BCUT2D eigenvalue weighted by molar-refractivity contribution is 0.0940. The van der Waals surface area contributed by atoms with E-state index < -0.39 is 0 Å². The first-order valence-corrected chi connectivity index (χ1v) is 9.08. The first-order chi connectivity index (χ1) is 12.7. The molecule has 132 valence electrons. The first kappa shape index (κ1) is 16.5.